The number of halogens is 1. The van der Waals surface area contributed by atoms with Gasteiger partial charge in [-0.05, 0) is 12.1 Å². The van der Waals surface area contributed by atoms with Crippen molar-refractivity contribution in [3.8, 4) is 16.9 Å². The molecular formula is C19H16ClN3O2S. The summed E-state index contributed by atoms with van der Waals surface area (Å²) in [5, 5.41) is 17.4. The largest absolute Gasteiger partial charge is 0.480 e. The number of carbonyl (C=O) groups is 1. The van der Waals surface area contributed by atoms with E-state index in [2.05, 4.69) is 5.32 Å². The third kappa shape index (κ3) is 3.11. The first-order valence-electron chi connectivity index (χ1n) is 8.15. The summed E-state index contributed by atoms with van der Waals surface area (Å²) in [7, 11) is 0. The zero-order valence-electron chi connectivity index (χ0n) is 13.7. The maximum Gasteiger partial charge on any atom is 0.321 e. The number of carboxylic acid groups (broad SMARTS) is 1. The number of nitrogens with zero attached hydrogens (tertiary/aromatic N) is 2. The molecule has 26 heavy (non-hydrogen) atoms. The van der Waals surface area contributed by atoms with Crippen LogP contribution in [0.25, 0.3) is 16.9 Å². The van der Waals surface area contributed by atoms with Crippen molar-refractivity contribution in [1.29, 1.82) is 0 Å². The van der Waals surface area contributed by atoms with Crippen molar-refractivity contribution < 1.29 is 9.90 Å². The molecule has 1 aromatic heterocycles. The predicted molar refractivity (Wildman–Crippen MR) is 104 cm³/mol. The van der Waals surface area contributed by atoms with Crippen LogP contribution in [-0.4, -0.2) is 32.7 Å². The van der Waals surface area contributed by atoms with Crippen LogP contribution in [0.1, 0.15) is 10.9 Å². The fourth-order valence-corrected chi connectivity index (χ4v) is 4.64. The Morgan fingerprint density at radius 2 is 1.81 bits per heavy atom. The van der Waals surface area contributed by atoms with Gasteiger partial charge < -0.3 is 5.11 Å². The van der Waals surface area contributed by atoms with E-state index in [1.807, 2.05) is 60.7 Å². The van der Waals surface area contributed by atoms with Crippen LogP contribution < -0.4 is 5.32 Å². The van der Waals surface area contributed by atoms with E-state index < -0.39 is 12.0 Å². The van der Waals surface area contributed by atoms with E-state index in [1.54, 1.807) is 4.68 Å². The molecule has 1 aliphatic heterocycles. The van der Waals surface area contributed by atoms with Crippen molar-refractivity contribution in [2.45, 2.75) is 11.4 Å². The molecule has 0 spiro atoms. The molecule has 0 bridgehead atoms. The molecular weight excluding hydrogens is 370 g/mol. The maximum absolute atomic E-state index is 11.3. The number of hydrogen-bond acceptors (Lipinski definition) is 4. The normalized spacial score (nSPS) is 19.6. The van der Waals surface area contributed by atoms with Gasteiger partial charge >= 0.3 is 5.97 Å². The first-order chi connectivity index (χ1) is 12.6. The standard InChI is InChI=1S/C19H16ClN3O2S/c20-17-15(18-21-14(11-26-18)19(24)25)16(12-7-3-1-4-8-12)22-23(17)13-9-5-2-6-10-13/h1-10,14,18,21H,11H2,(H,24,25)/t14-,18-/m1/s1. The van der Waals surface area contributed by atoms with Crippen LogP contribution in [0.3, 0.4) is 0 Å². The fraction of sp³-hybridized carbons (Fsp3) is 0.158. The highest BCUT2D eigenvalue weighted by Crippen LogP contribution is 2.42. The van der Waals surface area contributed by atoms with Crippen molar-refractivity contribution in [2.75, 3.05) is 5.75 Å². The van der Waals surface area contributed by atoms with Gasteiger partial charge in [-0.3, -0.25) is 10.1 Å². The lowest BCUT2D eigenvalue weighted by Crippen LogP contribution is -2.33. The number of aromatic nitrogens is 2. The van der Waals surface area contributed by atoms with Crippen LogP contribution in [0.5, 0.6) is 0 Å². The number of hydrogen-bond donors (Lipinski definition) is 2. The van der Waals surface area contributed by atoms with E-state index in [0.717, 1.165) is 22.5 Å². The van der Waals surface area contributed by atoms with Crippen molar-refractivity contribution in [2.24, 2.45) is 0 Å². The summed E-state index contributed by atoms with van der Waals surface area (Å²) < 4.78 is 1.70. The molecule has 1 fully saturated rings. The molecule has 5 nitrogen and oxygen atoms in total. The second kappa shape index (κ2) is 7.15. The summed E-state index contributed by atoms with van der Waals surface area (Å²) in [6.07, 6.45) is 0. The second-order valence-corrected chi connectivity index (χ2v) is 7.43. The molecule has 3 aromatic rings. The van der Waals surface area contributed by atoms with E-state index in [4.69, 9.17) is 16.7 Å². The fourth-order valence-electron chi connectivity index (χ4n) is 2.97. The Labute approximate surface area is 160 Å². The topological polar surface area (TPSA) is 67.1 Å². The summed E-state index contributed by atoms with van der Waals surface area (Å²) in [6.45, 7) is 0. The van der Waals surface area contributed by atoms with E-state index in [9.17, 15) is 9.90 Å². The van der Waals surface area contributed by atoms with Gasteiger partial charge in [0.1, 0.15) is 11.2 Å². The molecule has 2 N–H and O–H groups in total. The molecule has 132 valence electrons. The van der Waals surface area contributed by atoms with Gasteiger partial charge in [0, 0.05) is 16.9 Å². The lowest BCUT2D eigenvalue weighted by Gasteiger charge is -2.12. The average Bonchev–Trinajstić information content (AvgIpc) is 3.28. The van der Waals surface area contributed by atoms with E-state index in [-0.39, 0.29) is 5.37 Å². The van der Waals surface area contributed by atoms with Crippen LogP contribution >= 0.6 is 23.4 Å². The van der Waals surface area contributed by atoms with Gasteiger partial charge in [0.2, 0.25) is 0 Å². The van der Waals surface area contributed by atoms with Crippen molar-refractivity contribution >= 4 is 29.3 Å². The quantitative estimate of drug-likeness (QED) is 0.711. The second-order valence-electron chi connectivity index (χ2n) is 5.94. The number of rotatable bonds is 4. The Balaban J connectivity index is 1.84. The Kier molecular flexibility index (Phi) is 4.72. The molecule has 4 rings (SSSR count). The Morgan fingerprint density at radius 3 is 2.42 bits per heavy atom. The van der Waals surface area contributed by atoms with Gasteiger partial charge in [0.25, 0.3) is 0 Å². The third-order valence-corrected chi connectivity index (χ3v) is 5.85. The number of nitrogens with one attached hydrogen (secondary N) is 1. The molecule has 0 amide bonds. The Bertz CT molecular complexity index is 931. The zero-order chi connectivity index (χ0) is 18.1. The number of carboxylic acids is 1. The van der Waals surface area contributed by atoms with E-state index in [1.165, 1.54) is 11.8 Å². The Hall–Kier alpha value is -2.28. The minimum Gasteiger partial charge on any atom is -0.480 e. The highest BCUT2D eigenvalue weighted by Gasteiger charge is 2.35. The minimum absolute atomic E-state index is 0.226. The van der Waals surface area contributed by atoms with Gasteiger partial charge in [-0.25, -0.2) is 4.68 Å². The van der Waals surface area contributed by atoms with Crippen LogP contribution in [0.4, 0.5) is 0 Å². The zero-order valence-corrected chi connectivity index (χ0v) is 15.2. The van der Waals surface area contributed by atoms with Crippen molar-refractivity contribution in [1.82, 2.24) is 15.1 Å². The van der Waals surface area contributed by atoms with Gasteiger partial charge in [-0.1, -0.05) is 60.1 Å². The molecule has 0 saturated carbocycles. The average molecular weight is 386 g/mol. The van der Waals surface area contributed by atoms with Crippen LogP contribution in [-0.2, 0) is 4.79 Å². The highest BCUT2D eigenvalue weighted by atomic mass is 35.5. The maximum atomic E-state index is 11.3. The molecule has 2 heterocycles. The van der Waals surface area contributed by atoms with E-state index >= 15 is 0 Å². The van der Waals surface area contributed by atoms with Crippen molar-refractivity contribution in [3.05, 3.63) is 71.4 Å². The monoisotopic (exact) mass is 385 g/mol. The van der Waals surface area contributed by atoms with Crippen LogP contribution in [0.2, 0.25) is 5.15 Å². The number of aliphatic carboxylic acids is 1. The molecule has 0 aliphatic carbocycles. The number of benzene rings is 2. The third-order valence-electron chi connectivity index (χ3n) is 4.25. The van der Waals surface area contributed by atoms with Gasteiger partial charge in [-0.15, -0.1) is 11.8 Å². The lowest BCUT2D eigenvalue weighted by molar-refractivity contribution is -0.138. The Morgan fingerprint density at radius 1 is 1.15 bits per heavy atom. The first kappa shape index (κ1) is 17.1. The number of para-hydroxylation sites is 1. The minimum atomic E-state index is -0.854. The first-order valence-corrected chi connectivity index (χ1v) is 9.57. The highest BCUT2D eigenvalue weighted by molar-refractivity contribution is 7.99. The van der Waals surface area contributed by atoms with Gasteiger partial charge in [-0.2, -0.15) is 5.10 Å². The number of thioether (sulfide) groups is 1. The molecule has 2 aromatic carbocycles. The van der Waals surface area contributed by atoms with Gasteiger partial charge in [0.15, 0.2) is 0 Å². The molecule has 0 radical (unpaired) electrons. The summed E-state index contributed by atoms with van der Waals surface area (Å²) >= 11 is 8.25. The summed E-state index contributed by atoms with van der Waals surface area (Å²) in [5.41, 5.74) is 3.38. The summed E-state index contributed by atoms with van der Waals surface area (Å²) in [6, 6.07) is 18.9. The summed E-state index contributed by atoms with van der Waals surface area (Å²) in [4.78, 5) is 11.3. The predicted octanol–water partition coefficient (Wildman–Crippen LogP) is 3.98. The van der Waals surface area contributed by atoms with Crippen LogP contribution in [0, 0.1) is 0 Å². The summed E-state index contributed by atoms with van der Waals surface area (Å²) in [5.74, 6) is -0.367. The SMILES string of the molecule is O=C(O)[C@H]1CS[C@H](c2c(-c3ccccc3)nn(-c3ccccc3)c2Cl)N1. The van der Waals surface area contributed by atoms with Gasteiger partial charge in [0.05, 0.1) is 16.8 Å². The lowest BCUT2D eigenvalue weighted by atomic mass is 10.1. The van der Waals surface area contributed by atoms with Crippen molar-refractivity contribution in [3.63, 3.8) is 0 Å². The van der Waals surface area contributed by atoms with E-state index in [0.29, 0.717) is 10.9 Å². The molecule has 1 aliphatic rings. The molecule has 0 unspecified atom stereocenters. The van der Waals surface area contributed by atoms with Crippen LogP contribution in [0.15, 0.2) is 60.7 Å². The molecule has 1 saturated heterocycles. The molecule has 7 heteroatoms. The molecule has 2 atom stereocenters. The smallest absolute Gasteiger partial charge is 0.321 e.